The maximum Gasteiger partial charge on any atom is 0.329 e. The molecule has 4 amide bonds. The zero-order valence-electron chi connectivity index (χ0n) is 64.5. The molecule has 14 heterocycles. The number of carbonyl (C=O) groups is 4. The van der Waals surface area contributed by atoms with Gasteiger partial charge in [-0.05, 0) is 166 Å². The largest absolute Gasteiger partial charge is 0.363 e. The van der Waals surface area contributed by atoms with E-state index in [1.54, 1.807) is 69.8 Å². The highest BCUT2D eigenvalue weighted by molar-refractivity contribution is 7.86. The fourth-order valence-electron chi connectivity index (χ4n) is 17.1. The molecule has 0 radical (unpaired) electrons. The van der Waals surface area contributed by atoms with Gasteiger partial charge in [-0.15, -0.1) is 0 Å². The molecule has 13 aromatic rings. The lowest BCUT2D eigenvalue weighted by atomic mass is 10.0. The molecule has 6 aliphatic heterocycles. The number of piperazine rings is 2. The maximum atomic E-state index is 14.1. The van der Waals surface area contributed by atoms with Crippen molar-refractivity contribution in [1.29, 1.82) is 0 Å². The fourth-order valence-corrected chi connectivity index (χ4v) is 18.0. The molecule has 3 N–H and O–H groups in total. The zero-order valence-corrected chi connectivity index (χ0v) is 65.4. The molecule has 4 atom stereocenters. The number of anilines is 4. The Labute approximate surface area is 672 Å². The Hall–Kier alpha value is -12.5. The van der Waals surface area contributed by atoms with Crippen molar-refractivity contribution >= 4 is 90.1 Å². The molecule has 6 fully saturated rings. The van der Waals surface area contributed by atoms with Gasteiger partial charge in [0.05, 0.1) is 98.7 Å². The number of halogens is 2. The van der Waals surface area contributed by atoms with Crippen LogP contribution in [0.25, 0.3) is 56.1 Å². The molecule has 8 aromatic heterocycles. The first-order chi connectivity index (χ1) is 56.9. The smallest absolute Gasteiger partial charge is 0.329 e. The minimum absolute atomic E-state index is 0.0231. The molecule has 0 aliphatic carbocycles. The summed E-state index contributed by atoms with van der Waals surface area (Å²) >= 11 is 0. The number of fused-ring (bicyclic) bond motifs is 4. The van der Waals surface area contributed by atoms with Crippen molar-refractivity contribution in [2.24, 2.45) is 0 Å². The highest BCUT2D eigenvalue weighted by atomic mass is 32.2. The number of piperidine rings is 2. The number of amides is 4. The molecule has 600 valence electrons. The van der Waals surface area contributed by atoms with E-state index < -0.39 is 39.7 Å². The molecule has 0 bridgehead atoms. The maximum absolute atomic E-state index is 14.1. The summed E-state index contributed by atoms with van der Waals surface area (Å²) in [7, 11) is -3.97. The van der Waals surface area contributed by atoms with Crippen LogP contribution in [0.4, 0.5) is 31.8 Å². The van der Waals surface area contributed by atoms with Crippen LogP contribution in [0, 0.1) is 18.6 Å². The van der Waals surface area contributed by atoms with Crippen molar-refractivity contribution < 1.29 is 40.6 Å². The fraction of sp³-hybridized carbons (Fsp3) is 0.310. The molecule has 19 rings (SSSR count). The van der Waals surface area contributed by atoms with Gasteiger partial charge in [-0.3, -0.25) is 66.0 Å². The molecule has 117 heavy (non-hydrogen) atoms. The zero-order chi connectivity index (χ0) is 80.4. The van der Waals surface area contributed by atoms with Gasteiger partial charge in [-0.1, -0.05) is 78.4 Å². The van der Waals surface area contributed by atoms with Crippen molar-refractivity contribution in [1.82, 2.24) is 67.9 Å². The van der Waals surface area contributed by atoms with Crippen molar-refractivity contribution in [3.05, 3.63) is 256 Å². The lowest BCUT2D eigenvalue weighted by molar-refractivity contribution is -0.137. The van der Waals surface area contributed by atoms with E-state index in [1.165, 1.54) is 33.4 Å². The monoisotopic (exact) mass is 1600 g/mol. The number of imidazole rings is 4. The number of carbonyl (C=O) groups excluding carboxylic acids is 4. The third-order valence-electron chi connectivity index (χ3n) is 23.0. The van der Waals surface area contributed by atoms with Gasteiger partial charge in [-0.25, -0.2) is 38.3 Å². The predicted octanol–water partition coefficient (Wildman–Crippen LogP) is 10.6. The minimum atomic E-state index is -3.97. The highest BCUT2D eigenvalue weighted by Gasteiger charge is 2.35. The number of nitrogens with zero attached hydrogens (tertiary/aromatic N) is 15. The summed E-state index contributed by atoms with van der Waals surface area (Å²) in [6, 6.07) is 54.1. The third-order valence-corrected chi connectivity index (χ3v) is 24.4. The average Bonchev–Trinajstić information content (AvgIpc) is 1.61. The molecule has 27 nitrogen and oxygen atoms in total. The first-order valence-electron chi connectivity index (χ1n) is 39.8. The SMILES string of the molecule is Cc1ccc(S(=O)(=O)OCCn2c(=O)n(C3CCC(=O)NC3=O)c3ccccc32)cc1.Fc1cccc([C@H]2CCCN2c2ccc3ncc(-c4cccc(N5CCNCC5)n4)n3c2)c1.O=C1CCC(n2c(=O)n(CCN3CCN(c4cccc(-c5cnc6ccc(N7CCC[C@@H]7c7cccc(F)c7)cn56)n4)CC3)c3ccccc32)C(=O)N1. The van der Waals surface area contributed by atoms with E-state index in [2.05, 4.69) is 102 Å². The van der Waals surface area contributed by atoms with Gasteiger partial charge in [0.1, 0.15) is 46.6 Å². The third kappa shape index (κ3) is 16.1. The summed E-state index contributed by atoms with van der Waals surface area (Å²) in [5.41, 5.74) is 12.4. The standard InChI is InChI=1S/C40H40FN9O3.C26H27FN6.C21H21N3O6S/c41-28-7-3-6-27(24-28)31-11-5-17-47(31)29-13-15-36-42-25-35(49(36)26-29)30-8-4-12-37(43-30)46-21-18-45(19-22-46)20-23-48-32-9-1-2-10-33(32)50(40(48)53)34-14-16-38(51)44-39(34)52;27-20-5-1-4-19(16-20)23-7-3-13-32(23)21-9-10-25-29-17-24(33(25)18-21)22-6-2-8-26(30-22)31-14-11-28-12-15-31;1-14-6-8-15(9-7-14)31(28,29)30-13-12-23-16-4-2-3-5-17(16)24(21(23)27)18-10-11-19(25)22-20(18)26/h1-4,6-10,12-13,15,24-26,31,34H,5,11,14,16-23H2,(H,44,51,52);1-2,4-6,8-10,16-18,23,28H,3,7,11-15H2;2-9,18H,10-13H2,1H3,(H,22,25,26)/t31-,34?;23-;/m11./s1. The Morgan fingerprint density at radius 2 is 0.940 bits per heavy atom. The van der Waals surface area contributed by atoms with E-state index in [4.69, 9.17) is 14.2 Å². The van der Waals surface area contributed by atoms with Crippen molar-refractivity contribution in [3.63, 3.8) is 0 Å². The molecule has 0 saturated carbocycles. The number of hydrogen-bond donors (Lipinski definition) is 3. The average molecular weight is 1600 g/mol. The molecule has 5 aromatic carbocycles. The lowest BCUT2D eigenvalue weighted by Gasteiger charge is -2.35. The molecule has 6 aliphatic rings. The molecule has 2 unspecified atom stereocenters. The van der Waals surface area contributed by atoms with Crippen LogP contribution in [0.3, 0.4) is 0 Å². The van der Waals surface area contributed by atoms with Gasteiger partial charge in [-0.2, -0.15) is 8.42 Å². The number of imide groups is 2. The quantitative estimate of drug-likeness (QED) is 0.0532. The van der Waals surface area contributed by atoms with Gasteiger partial charge in [0, 0.05) is 104 Å². The first kappa shape index (κ1) is 77.1. The summed E-state index contributed by atoms with van der Waals surface area (Å²) in [6.07, 6.45) is 13.0. The van der Waals surface area contributed by atoms with E-state index in [1.807, 2.05) is 86.0 Å². The Bertz CT molecular complexity index is 6160. The van der Waals surface area contributed by atoms with Crippen molar-refractivity contribution in [2.75, 3.05) is 98.2 Å². The summed E-state index contributed by atoms with van der Waals surface area (Å²) < 4.78 is 68.2. The van der Waals surface area contributed by atoms with Gasteiger partial charge in [0.25, 0.3) is 10.1 Å². The van der Waals surface area contributed by atoms with Gasteiger partial charge < -0.3 is 24.9 Å². The van der Waals surface area contributed by atoms with E-state index >= 15 is 0 Å². The van der Waals surface area contributed by atoms with E-state index in [0.717, 1.165) is 170 Å². The number of aryl methyl sites for hydroxylation is 1. The van der Waals surface area contributed by atoms with Gasteiger partial charge in [0.2, 0.25) is 23.6 Å². The number of rotatable bonds is 18. The second kappa shape index (κ2) is 33.4. The number of benzene rings is 5. The van der Waals surface area contributed by atoms with Crippen LogP contribution in [-0.2, 0) is 46.6 Å². The second-order valence-corrected chi connectivity index (χ2v) is 31.9. The number of para-hydroxylation sites is 4. The Balaban J connectivity index is 0.000000133. The Morgan fingerprint density at radius 3 is 1.43 bits per heavy atom. The van der Waals surface area contributed by atoms with Crippen molar-refractivity contribution in [3.8, 4) is 22.8 Å². The van der Waals surface area contributed by atoms with Crippen LogP contribution in [0.15, 0.2) is 221 Å². The molecule has 0 spiro atoms. The summed E-state index contributed by atoms with van der Waals surface area (Å²) in [4.78, 5) is 106. The Morgan fingerprint density at radius 1 is 0.470 bits per heavy atom. The van der Waals surface area contributed by atoms with Crippen LogP contribution in [0.2, 0.25) is 0 Å². The van der Waals surface area contributed by atoms with Gasteiger partial charge >= 0.3 is 11.4 Å². The van der Waals surface area contributed by atoms with Crippen LogP contribution in [-0.4, -0.2) is 163 Å². The number of pyridine rings is 4. The van der Waals surface area contributed by atoms with Crippen LogP contribution < -0.4 is 46.9 Å². The number of nitrogens with one attached hydrogen (secondary N) is 3. The molecule has 30 heteroatoms. The number of hydrogen-bond acceptors (Lipinski definition) is 19. The van der Waals surface area contributed by atoms with E-state index in [-0.39, 0.29) is 78.5 Å². The molecular weight excluding hydrogens is 1510 g/mol. The van der Waals surface area contributed by atoms with Gasteiger partial charge in [0.15, 0.2) is 0 Å². The Kier molecular flexibility index (Phi) is 22.0. The predicted molar refractivity (Wildman–Crippen MR) is 442 cm³/mol. The normalized spacial score (nSPS) is 18.8. The summed E-state index contributed by atoms with van der Waals surface area (Å²) in [5.74, 6) is -0.102. The van der Waals surface area contributed by atoms with Crippen molar-refractivity contribution in [2.45, 2.75) is 100 Å². The summed E-state index contributed by atoms with van der Waals surface area (Å²) in [5, 5.41) is 8.05. The molecule has 6 saturated heterocycles. The number of aromatic nitrogens is 10. The highest BCUT2D eigenvalue weighted by Crippen LogP contribution is 2.40. The van der Waals surface area contributed by atoms with E-state index in [9.17, 15) is 46.0 Å². The molecular formula is C87H88F2N18O9S. The summed E-state index contributed by atoms with van der Waals surface area (Å²) in [6.45, 7) is 11.7. The van der Waals surface area contributed by atoms with E-state index in [0.29, 0.717) is 36.1 Å². The first-order valence-corrected chi connectivity index (χ1v) is 41.3. The van der Waals surface area contributed by atoms with Crippen LogP contribution >= 0.6 is 0 Å². The topological polar surface area (TPSA) is 278 Å². The van der Waals surface area contributed by atoms with Crippen LogP contribution in [0.1, 0.15) is 92.2 Å². The van der Waals surface area contributed by atoms with Crippen LogP contribution in [0.5, 0.6) is 0 Å². The minimum Gasteiger partial charge on any atom is -0.363 e. The second-order valence-electron chi connectivity index (χ2n) is 30.3. The lowest BCUT2D eigenvalue weighted by Crippen LogP contribution is -2.48.